The Balaban J connectivity index is 2.26. The molecule has 0 atom stereocenters. The fraction of sp³-hybridized carbons (Fsp3) is 0.200. The van der Waals surface area contributed by atoms with Crippen LogP contribution >= 0.6 is 23.2 Å². The molecule has 21 heavy (non-hydrogen) atoms. The number of rotatable bonds is 2. The zero-order valence-corrected chi connectivity index (χ0v) is 13.0. The van der Waals surface area contributed by atoms with Gasteiger partial charge in [-0.1, -0.05) is 49.2 Å². The molecule has 0 radical (unpaired) electrons. The third kappa shape index (κ3) is 2.39. The van der Waals surface area contributed by atoms with Crippen LogP contribution in [0.25, 0.3) is 16.8 Å². The fourth-order valence-corrected chi connectivity index (χ4v) is 3.12. The Labute approximate surface area is 131 Å². The molecular weight excluding hydrogens is 312 g/mol. The van der Waals surface area contributed by atoms with Crippen LogP contribution in [0, 0.1) is 5.82 Å². The molecule has 0 fully saturated rings. The second-order valence-corrected chi connectivity index (χ2v) is 5.78. The molecule has 0 spiro atoms. The summed E-state index contributed by atoms with van der Waals surface area (Å²) in [5, 5.41) is 5.09. The lowest BCUT2D eigenvalue weighted by atomic mass is 10.1. The van der Waals surface area contributed by atoms with Gasteiger partial charge in [0.15, 0.2) is 5.65 Å². The maximum atomic E-state index is 13.0. The normalized spacial score (nSPS) is 11.5. The van der Waals surface area contributed by atoms with Crippen LogP contribution in [0.5, 0.6) is 0 Å². The molecule has 3 aromatic rings. The maximum Gasteiger partial charge on any atom is 0.166 e. The number of nitrogens with zero attached hydrogens (tertiary/aromatic N) is 3. The molecule has 0 N–H and O–H groups in total. The van der Waals surface area contributed by atoms with Crippen LogP contribution in [0.1, 0.15) is 25.3 Å². The van der Waals surface area contributed by atoms with Gasteiger partial charge < -0.3 is 0 Å². The van der Waals surface area contributed by atoms with Crippen molar-refractivity contribution in [1.82, 2.24) is 14.6 Å². The van der Waals surface area contributed by atoms with E-state index in [1.54, 1.807) is 22.8 Å². The molecule has 6 heteroatoms. The third-order valence-corrected chi connectivity index (χ3v) is 3.96. The monoisotopic (exact) mass is 323 g/mol. The summed E-state index contributed by atoms with van der Waals surface area (Å²) in [4.78, 5) is 4.40. The van der Waals surface area contributed by atoms with Gasteiger partial charge in [0.05, 0.1) is 6.20 Å². The first-order valence-corrected chi connectivity index (χ1v) is 7.23. The first-order valence-electron chi connectivity index (χ1n) is 6.47. The van der Waals surface area contributed by atoms with Crippen LogP contribution in [0.15, 0.2) is 30.5 Å². The van der Waals surface area contributed by atoms with Gasteiger partial charge in [0.1, 0.15) is 16.1 Å². The highest BCUT2D eigenvalue weighted by molar-refractivity contribution is 6.35. The van der Waals surface area contributed by atoms with E-state index in [1.807, 2.05) is 13.8 Å². The minimum atomic E-state index is -0.290. The number of fused-ring (bicyclic) bond motifs is 1. The van der Waals surface area contributed by atoms with Crippen molar-refractivity contribution in [3.63, 3.8) is 0 Å². The molecule has 0 aliphatic heterocycles. The molecule has 1 aromatic carbocycles. The van der Waals surface area contributed by atoms with Crippen molar-refractivity contribution in [2.45, 2.75) is 19.8 Å². The van der Waals surface area contributed by atoms with Gasteiger partial charge in [-0.15, -0.1) is 0 Å². The summed E-state index contributed by atoms with van der Waals surface area (Å²) in [6.45, 7) is 3.98. The van der Waals surface area contributed by atoms with Crippen molar-refractivity contribution in [2.75, 3.05) is 0 Å². The molecule has 0 saturated heterocycles. The average Bonchev–Trinajstić information content (AvgIpc) is 2.83. The summed E-state index contributed by atoms with van der Waals surface area (Å²) >= 11 is 12.6. The predicted molar refractivity (Wildman–Crippen MR) is 82.5 cm³/mol. The summed E-state index contributed by atoms with van der Waals surface area (Å²) in [6, 6.07) is 6.13. The number of benzene rings is 1. The highest BCUT2D eigenvalue weighted by atomic mass is 35.5. The molecule has 0 unspecified atom stereocenters. The predicted octanol–water partition coefficient (Wildman–Crippen LogP) is 4.97. The second kappa shape index (κ2) is 5.28. The van der Waals surface area contributed by atoms with Crippen LogP contribution < -0.4 is 0 Å². The lowest BCUT2D eigenvalue weighted by molar-refractivity contribution is 0.628. The third-order valence-electron chi connectivity index (χ3n) is 3.31. The number of halogens is 3. The van der Waals surface area contributed by atoms with Crippen molar-refractivity contribution in [2.24, 2.45) is 0 Å². The van der Waals surface area contributed by atoms with Crippen molar-refractivity contribution in [1.29, 1.82) is 0 Å². The zero-order valence-electron chi connectivity index (χ0n) is 11.4. The Morgan fingerprint density at radius 3 is 2.43 bits per heavy atom. The van der Waals surface area contributed by atoms with Gasteiger partial charge in [0.2, 0.25) is 0 Å². The van der Waals surface area contributed by atoms with Gasteiger partial charge in [-0.05, 0) is 23.6 Å². The van der Waals surface area contributed by atoms with Crippen LogP contribution in [-0.4, -0.2) is 14.6 Å². The zero-order chi connectivity index (χ0) is 15.1. The smallest absolute Gasteiger partial charge is 0.166 e. The Morgan fingerprint density at radius 2 is 1.81 bits per heavy atom. The van der Waals surface area contributed by atoms with E-state index in [9.17, 15) is 4.39 Å². The first kappa shape index (κ1) is 14.3. The van der Waals surface area contributed by atoms with Gasteiger partial charge >= 0.3 is 0 Å². The topological polar surface area (TPSA) is 30.2 Å². The van der Waals surface area contributed by atoms with Gasteiger partial charge in [-0.2, -0.15) is 5.10 Å². The molecule has 3 nitrogen and oxygen atoms in total. The molecular formula is C15H12Cl2FN3. The second-order valence-electron chi connectivity index (χ2n) is 5.06. The van der Waals surface area contributed by atoms with Gasteiger partial charge in [-0.3, -0.25) is 0 Å². The molecule has 0 aliphatic carbocycles. The first-order chi connectivity index (χ1) is 9.99. The Kier molecular flexibility index (Phi) is 3.59. The molecule has 0 aliphatic rings. The largest absolute Gasteiger partial charge is 0.216 e. The van der Waals surface area contributed by atoms with Crippen molar-refractivity contribution in [3.8, 4) is 11.1 Å². The standard InChI is InChI=1S/C15H12Cl2FN3/c1-8(2)12-13(16)20-15-11(7-19-21(15)14(12)17)9-3-5-10(18)6-4-9/h3-8H,1-2H3. The van der Waals surface area contributed by atoms with E-state index < -0.39 is 0 Å². The van der Waals surface area contributed by atoms with Crippen molar-refractivity contribution < 1.29 is 4.39 Å². The lowest BCUT2D eigenvalue weighted by Gasteiger charge is -2.11. The summed E-state index contributed by atoms with van der Waals surface area (Å²) in [5.74, 6) is -0.151. The molecule has 3 rings (SSSR count). The SMILES string of the molecule is CC(C)c1c(Cl)nc2c(-c3ccc(F)cc3)cnn2c1Cl. The summed E-state index contributed by atoms with van der Waals surface area (Å²) in [7, 11) is 0. The minimum absolute atomic E-state index is 0.139. The number of hydrogen-bond donors (Lipinski definition) is 0. The van der Waals surface area contributed by atoms with E-state index in [-0.39, 0.29) is 11.7 Å². The van der Waals surface area contributed by atoms with E-state index in [0.717, 1.165) is 16.7 Å². The van der Waals surface area contributed by atoms with Crippen LogP contribution in [0.2, 0.25) is 10.3 Å². The molecule has 2 aromatic heterocycles. The molecule has 0 bridgehead atoms. The van der Waals surface area contributed by atoms with Crippen LogP contribution in [-0.2, 0) is 0 Å². The number of hydrogen-bond acceptors (Lipinski definition) is 2. The average molecular weight is 324 g/mol. The van der Waals surface area contributed by atoms with Crippen LogP contribution in [0.4, 0.5) is 4.39 Å². The quantitative estimate of drug-likeness (QED) is 0.623. The Bertz CT molecular complexity index is 810. The molecule has 108 valence electrons. The highest BCUT2D eigenvalue weighted by Crippen LogP contribution is 2.33. The van der Waals surface area contributed by atoms with Gasteiger partial charge in [-0.25, -0.2) is 13.9 Å². The van der Waals surface area contributed by atoms with Crippen molar-refractivity contribution >= 4 is 28.8 Å². The van der Waals surface area contributed by atoms with E-state index in [1.165, 1.54) is 12.1 Å². The molecule has 0 amide bonds. The minimum Gasteiger partial charge on any atom is -0.216 e. The Morgan fingerprint density at radius 1 is 1.14 bits per heavy atom. The molecule has 2 heterocycles. The lowest BCUT2D eigenvalue weighted by Crippen LogP contribution is -2.01. The molecule has 0 saturated carbocycles. The highest BCUT2D eigenvalue weighted by Gasteiger charge is 2.18. The van der Waals surface area contributed by atoms with Crippen LogP contribution in [0.3, 0.4) is 0 Å². The van der Waals surface area contributed by atoms with E-state index in [0.29, 0.717) is 16.0 Å². The van der Waals surface area contributed by atoms with Gasteiger partial charge in [0, 0.05) is 11.1 Å². The fourth-order valence-electron chi connectivity index (χ4n) is 2.26. The van der Waals surface area contributed by atoms with Gasteiger partial charge in [0.25, 0.3) is 0 Å². The summed E-state index contributed by atoms with van der Waals surface area (Å²) < 4.78 is 14.6. The summed E-state index contributed by atoms with van der Waals surface area (Å²) in [5.41, 5.74) is 2.89. The maximum absolute atomic E-state index is 13.0. The van der Waals surface area contributed by atoms with E-state index >= 15 is 0 Å². The number of aromatic nitrogens is 3. The van der Waals surface area contributed by atoms with E-state index in [2.05, 4.69) is 10.1 Å². The van der Waals surface area contributed by atoms with Crippen molar-refractivity contribution in [3.05, 3.63) is 52.1 Å². The van der Waals surface area contributed by atoms with E-state index in [4.69, 9.17) is 23.2 Å². The summed E-state index contributed by atoms with van der Waals surface area (Å²) in [6.07, 6.45) is 1.65. The Hall–Kier alpha value is -1.65.